The van der Waals surface area contributed by atoms with E-state index in [0.717, 1.165) is 4.88 Å². The summed E-state index contributed by atoms with van der Waals surface area (Å²) in [5.41, 5.74) is 2.64. The Morgan fingerprint density at radius 1 is 1.30 bits per heavy atom. The van der Waals surface area contributed by atoms with Gasteiger partial charge in [-0.1, -0.05) is 19.9 Å². The molecule has 0 aliphatic heterocycles. The molecular formula is C13H17N5OS. The molecule has 0 aromatic carbocycles. The van der Waals surface area contributed by atoms with Crippen molar-refractivity contribution in [2.24, 2.45) is 11.8 Å². The molecule has 6 nitrogen and oxygen atoms in total. The van der Waals surface area contributed by atoms with E-state index in [1.807, 2.05) is 17.5 Å². The van der Waals surface area contributed by atoms with Crippen molar-refractivity contribution in [2.45, 2.75) is 19.9 Å². The molecule has 20 heavy (non-hydrogen) atoms. The third-order valence-corrected chi connectivity index (χ3v) is 3.80. The highest BCUT2D eigenvalue weighted by Crippen LogP contribution is 2.25. The predicted molar refractivity (Wildman–Crippen MR) is 79.2 cm³/mol. The van der Waals surface area contributed by atoms with E-state index in [1.165, 1.54) is 0 Å². The lowest BCUT2D eigenvalue weighted by atomic mass is 10.0. The number of carbonyl (C=O) groups excluding carboxylic acids is 1. The molecule has 0 fully saturated rings. The summed E-state index contributed by atoms with van der Waals surface area (Å²) in [7, 11) is 0. The molecule has 0 saturated carbocycles. The zero-order valence-electron chi connectivity index (χ0n) is 11.3. The molecule has 0 radical (unpaired) electrons. The average molecular weight is 291 g/mol. The van der Waals surface area contributed by atoms with Gasteiger partial charge in [0, 0.05) is 4.88 Å². The number of nitrogens with zero attached hydrogens (tertiary/aromatic N) is 2. The summed E-state index contributed by atoms with van der Waals surface area (Å²) in [5, 5.41) is 12.6. The lowest BCUT2D eigenvalue weighted by molar-refractivity contribution is 0.0920. The second-order valence-electron chi connectivity index (χ2n) is 4.66. The molecule has 0 aliphatic carbocycles. The smallest absolute Gasteiger partial charge is 0.272 e. The quantitative estimate of drug-likeness (QED) is 0.578. The van der Waals surface area contributed by atoms with Crippen LogP contribution in [0.3, 0.4) is 0 Å². The second-order valence-corrected chi connectivity index (χ2v) is 5.64. The molecule has 4 N–H and O–H groups in total. The van der Waals surface area contributed by atoms with Gasteiger partial charge in [-0.05, 0) is 29.5 Å². The fourth-order valence-corrected chi connectivity index (χ4v) is 2.73. The van der Waals surface area contributed by atoms with Gasteiger partial charge in [0.15, 0.2) is 11.5 Å². The SMILES string of the molecule is CC(C)C(NC(=O)c1ccc(NN)nn1)c1cccs1. The van der Waals surface area contributed by atoms with Crippen LogP contribution in [0.15, 0.2) is 29.6 Å². The van der Waals surface area contributed by atoms with Crippen molar-refractivity contribution >= 4 is 23.1 Å². The van der Waals surface area contributed by atoms with Crippen LogP contribution in [0.25, 0.3) is 0 Å². The van der Waals surface area contributed by atoms with Crippen molar-refractivity contribution in [3.63, 3.8) is 0 Å². The number of nitrogens with one attached hydrogen (secondary N) is 2. The van der Waals surface area contributed by atoms with E-state index in [2.05, 4.69) is 34.8 Å². The monoisotopic (exact) mass is 291 g/mol. The number of carbonyl (C=O) groups is 1. The molecule has 2 aromatic heterocycles. The van der Waals surface area contributed by atoms with Crippen LogP contribution in [0.2, 0.25) is 0 Å². The topological polar surface area (TPSA) is 92.9 Å². The number of hydrogen-bond acceptors (Lipinski definition) is 6. The highest BCUT2D eigenvalue weighted by atomic mass is 32.1. The van der Waals surface area contributed by atoms with Gasteiger partial charge in [-0.3, -0.25) is 4.79 Å². The molecule has 0 saturated heterocycles. The molecule has 1 amide bonds. The van der Waals surface area contributed by atoms with Crippen LogP contribution >= 0.6 is 11.3 Å². The normalized spacial score (nSPS) is 12.2. The molecule has 0 bridgehead atoms. The Hall–Kier alpha value is -1.99. The summed E-state index contributed by atoms with van der Waals surface area (Å²) in [6.07, 6.45) is 0. The summed E-state index contributed by atoms with van der Waals surface area (Å²) >= 11 is 1.63. The maximum atomic E-state index is 12.2. The molecular weight excluding hydrogens is 274 g/mol. The first-order valence-electron chi connectivity index (χ1n) is 6.26. The van der Waals surface area contributed by atoms with E-state index < -0.39 is 0 Å². The highest BCUT2D eigenvalue weighted by molar-refractivity contribution is 7.10. The Morgan fingerprint density at radius 3 is 2.60 bits per heavy atom. The molecule has 1 unspecified atom stereocenters. The predicted octanol–water partition coefficient (Wildman–Crippen LogP) is 1.95. The average Bonchev–Trinajstić information content (AvgIpc) is 2.98. The van der Waals surface area contributed by atoms with E-state index in [9.17, 15) is 4.79 Å². The number of thiophene rings is 1. The zero-order valence-corrected chi connectivity index (χ0v) is 12.1. The first-order valence-corrected chi connectivity index (χ1v) is 7.14. The number of nitrogens with two attached hydrogens (primary N) is 1. The number of hydrogen-bond donors (Lipinski definition) is 3. The Balaban J connectivity index is 2.12. The zero-order chi connectivity index (χ0) is 14.5. The molecule has 1 atom stereocenters. The van der Waals surface area contributed by atoms with Crippen LogP contribution in [-0.2, 0) is 0 Å². The maximum Gasteiger partial charge on any atom is 0.272 e. The lowest BCUT2D eigenvalue weighted by Crippen LogP contribution is -2.32. The van der Waals surface area contributed by atoms with Crippen LogP contribution in [-0.4, -0.2) is 16.1 Å². The largest absolute Gasteiger partial charge is 0.343 e. The van der Waals surface area contributed by atoms with Gasteiger partial charge in [-0.15, -0.1) is 21.5 Å². The second kappa shape index (κ2) is 6.44. The number of rotatable bonds is 5. The fraction of sp³-hybridized carbons (Fsp3) is 0.308. The highest BCUT2D eigenvalue weighted by Gasteiger charge is 2.20. The van der Waals surface area contributed by atoms with Gasteiger partial charge in [0.25, 0.3) is 5.91 Å². The van der Waals surface area contributed by atoms with E-state index >= 15 is 0 Å². The van der Waals surface area contributed by atoms with Crippen molar-refractivity contribution in [1.82, 2.24) is 15.5 Å². The van der Waals surface area contributed by atoms with Crippen LogP contribution in [0.1, 0.15) is 35.3 Å². The van der Waals surface area contributed by atoms with Gasteiger partial charge in [0.05, 0.1) is 6.04 Å². The molecule has 2 heterocycles. The van der Waals surface area contributed by atoms with Gasteiger partial charge >= 0.3 is 0 Å². The van der Waals surface area contributed by atoms with Crippen LogP contribution in [0.4, 0.5) is 5.82 Å². The lowest BCUT2D eigenvalue weighted by Gasteiger charge is -2.20. The third kappa shape index (κ3) is 3.31. The number of anilines is 1. The maximum absolute atomic E-state index is 12.2. The van der Waals surface area contributed by atoms with E-state index in [0.29, 0.717) is 5.82 Å². The molecule has 2 aromatic rings. The van der Waals surface area contributed by atoms with Crippen molar-refractivity contribution in [1.29, 1.82) is 0 Å². The minimum atomic E-state index is -0.242. The van der Waals surface area contributed by atoms with Gasteiger partial charge in [-0.25, -0.2) is 5.84 Å². The van der Waals surface area contributed by atoms with Gasteiger partial charge in [0.1, 0.15) is 0 Å². The standard InChI is InChI=1S/C13H17N5OS/c1-8(2)12(10-4-3-7-20-10)15-13(19)9-5-6-11(16-14)18-17-9/h3-8,12H,14H2,1-2H3,(H,15,19)(H,16,18). The Kier molecular flexibility index (Phi) is 4.65. The van der Waals surface area contributed by atoms with Crippen molar-refractivity contribution < 1.29 is 4.79 Å². The number of aromatic nitrogens is 2. The first kappa shape index (κ1) is 14.4. The van der Waals surface area contributed by atoms with Gasteiger partial charge in [0.2, 0.25) is 0 Å². The van der Waals surface area contributed by atoms with Gasteiger partial charge in [-0.2, -0.15) is 0 Å². The van der Waals surface area contributed by atoms with Crippen molar-refractivity contribution in [3.05, 3.63) is 40.2 Å². The minimum absolute atomic E-state index is 0.0309. The van der Waals surface area contributed by atoms with Crippen LogP contribution < -0.4 is 16.6 Å². The minimum Gasteiger partial charge on any atom is -0.343 e. The molecule has 0 aliphatic rings. The van der Waals surface area contributed by atoms with Gasteiger partial charge < -0.3 is 10.7 Å². The fourth-order valence-electron chi connectivity index (χ4n) is 1.78. The summed E-state index contributed by atoms with van der Waals surface area (Å²) in [6, 6.07) is 7.16. The molecule has 0 spiro atoms. The first-order chi connectivity index (χ1) is 9.61. The summed E-state index contributed by atoms with van der Waals surface area (Å²) in [4.78, 5) is 13.3. The van der Waals surface area contributed by atoms with Crippen molar-refractivity contribution in [2.75, 3.05) is 5.43 Å². The Morgan fingerprint density at radius 2 is 2.10 bits per heavy atom. The van der Waals surface area contributed by atoms with Crippen LogP contribution in [0, 0.1) is 5.92 Å². The van der Waals surface area contributed by atoms with Crippen LogP contribution in [0.5, 0.6) is 0 Å². The van der Waals surface area contributed by atoms with Crippen molar-refractivity contribution in [3.8, 4) is 0 Å². The summed E-state index contributed by atoms with van der Waals surface area (Å²) in [5.74, 6) is 5.67. The third-order valence-electron chi connectivity index (χ3n) is 2.85. The number of nitrogen functional groups attached to an aromatic ring is 1. The number of hydrazine groups is 1. The van der Waals surface area contributed by atoms with E-state index in [-0.39, 0.29) is 23.6 Å². The Bertz CT molecular complexity index is 553. The number of amides is 1. The molecule has 7 heteroatoms. The Labute approximate surface area is 121 Å². The van der Waals surface area contributed by atoms with E-state index in [4.69, 9.17) is 5.84 Å². The molecule has 2 rings (SSSR count). The summed E-state index contributed by atoms with van der Waals surface area (Å²) in [6.45, 7) is 4.13. The molecule has 106 valence electrons. The summed E-state index contributed by atoms with van der Waals surface area (Å²) < 4.78 is 0. The van der Waals surface area contributed by atoms with E-state index in [1.54, 1.807) is 23.5 Å².